The van der Waals surface area contributed by atoms with Gasteiger partial charge in [-0.25, -0.2) is 9.18 Å². The molecule has 0 atom stereocenters. The summed E-state index contributed by atoms with van der Waals surface area (Å²) in [5.74, 6) is -0.290. The first-order valence-electron chi connectivity index (χ1n) is 6.29. The number of hydrogen-bond donors (Lipinski definition) is 1. The van der Waals surface area contributed by atoms with Crippen molar-refractivity contribution in [2.45, 2.75) is 32.3 Å². The van der Waals surface area contributed by atoms with Crippen LogP contribution >= 0.6 is 0 Å². The van der Waals surface area contributed by atoms with E-state index < -0.39 is 5.60 Å². The number of amides is 1. The van der Waals surface area contributed by atoms with Crippen LogP contribution in [0, 0.1) is 5.82 Å². The van der Waals surface area contributed by atoms with Crippen molar-refractivity contribution >= 4 is 11.8 Å². The van der Waals surface area contributed by atoms with Crippen molar-refractivity contribution in [2.75, 3.05) is 18.8 Å². The van der Waals surface area contributed by atoms with Crippen molar-refractivity contribution in [3.63, 3.8) is 0 Å². The molecule has 0 spiro atoms. The number of nitrogen functional groups attached to an aromatic ring is 1. The molecule has 19 heavy (non-hydrogen) atoms. The Kier molecular flexibility index (Phi) is 3.39. The molecular weight excluding hydrogens is 247 g/mol. The SMILES string of the molecule is CC(C)(C)OC(=O)N1CC(c2ccc(N)cc2F)C1. The molecule has 1 aromatic rings. The van der Waals surface area contributed by atoms with Crippen LogP contribution in [0.1, 0.15) is 32.3 Å². The molecule has 0 unspecified atom stereocenters. The minimum Gasteiger partial charge on any atom is -0.444 e. The lowest BCUT2D eigenvalue weighted by atomic mass is 9.91. The smallest absolute Gasteiger partial charge is 0.410 e. The lowest BCUT2D eigenvalue weighted by molar-refractivity contribution is 0.00790. The van der Waals surface area contributed by atoms with Gasteiger partial charge in [-0.05, 0) is 38.5 Å². The predicted molar refractivity (Wildman–Crippen MR) is 71.4 cm³/mol. The molecule has 2 rings (SSSR count). The molecule has 1 aromatic carbocycles. The predicted octanol–water partition coefficient (Wildman–Crippen LogP) is 2.74. The minimum atomic E-state index is -0.505. The Bertz CT molecular complexity index is 491. The van der Waals surface area contributed by atoms with E-state index in [4.69, 9.17) is 10.5 Å². The summed E-state index contributed by atoms with van der Waals surface area (Å²) in [6.07, 6.45) is -0.348. The zero-order valence-electron chi connectivity index (χ0n) is 11.4. The number of carbonyl (C=O) groups excluding carboxylic acids is 1. The normalized spacial score (nSPS) is 16.1. The molecule has 0 aromatic heterocycles. The monoisotopic (exact) mass is 266 g/mol. The molecule has 2 N–H and O–H groups in total. The maximum Gasteiger partial charge on any atom is 0.410 e. The van der Waals surface area contributed by atoms with E-state index in [9.17, 15) is 9.18 Å². The first kappa shape index (κ1) is 13.6. The summed E-state index contributed by atoms with van der Waals surface area (Å²) >= 11 is 0. The summed E-state index contributed by atoms with van der Waals surface area (Å²) in [4.78, 5) is 13.3. The van der Waals surface area contributed by atoms with Crippen LogP contribution in [0.25, 0.3) is 0 Å². The fourth-order valence-electron chi connectivity index (χ4n) is 2.03. The zero-order valence-corrected chi connectivity index (χ0v) is 11.4. The number of nitrogens with two attached hydrogens (primary N) is 1. The molecule has 1 aliphatic heterocycles. The Hall–Kier alpha value is -1.78. The van der Waals surface area contributed by atoms with Gasteiger partial charge in [0.25, 0.3) is 0 Å². The molecule has 0 radical (unpaired) electrons. The van der Waals surface area contributed by atoms with E-state index >= 15 is 0 Å². The van der Waals surface area contributed by atoms with Crippen LogP contribution in [-0.2, 0) is 4.74 Å². The van der Waals surface area contributed by atoms with E-state index in [1.54, 1.807) is 17.0 Å². The fourth-order valence-corrected chi connectivity index (χ4v) is 2.03. The first-order chi connectivity index (χ1) is 8.76. The second kappa shape index (κ2) is 4.72. The molecule has 0 aliphatic carbocycles. The van der Waals surface area contributed by atoms with E-state index in [0.717, 1.165) is 0 Å². The highest BCUT2D eigenvalue weighted by molar-refractivity contribution is 5.69. The third-order valence-corrected chi connectivity index (χ3v) is 3.00. The van der Waals surface area contributed by atoms with Crippen molar-refractivity contribution in [2.24, 2.45) is 0 Å². The van der Waals surface area contributed by atoms with Gasteiger partial charge in [0.15, 0.2) is 0 Å². The summed E-state index contributed by atoms with van der Waals surface area (Å²) in [7, 11) is 0. The van der Waals surface area contributed by atoms with E-state index in [-0.39, 0.29) is 17.8 Å². The zero-order chi connectivity index (χ0) is 14.2. The number of ether oxygens (including phenoxy) is 1. The molecule has 104 valence electrons. The third kappa shape index (κ3) is 3.16. The molecule has 4 nitrogen and oxygen atoms in total. The van der Waals surface area contributed by atoms with Crippen molar-refractivity contribution in [1.29, 1.82) is 0 Å². The highest BCUT2D eigenvalue weighted by atomic mass is 19.1. The summed E-state index contributed by atoms with van der Waals surface area (Å²) in [5, 5.41) is 0. The second-order valence-corrected chi connectivity index (χ2v) is 5.86. The maximum atomic E-state index is 13.7. The summed E-state index contributed by atoms with van der Waals surface area (Å²) in [6.45, 7) is 6.43. The van der Waals surface area contributed by atoms with Crippen molar-refractivity contribution in [3.05, 3.63) is 29.6 Å². The van der Waals surface area contributed by atoms with Gasteiger partial charge in [0, 0.05) is 24.7 Å². The minimum absolute atomic E-state index is 0.0214. The average molecular weight is 266 g/mol. The number of benzene rings is 1. The molecular formula is C14H19FN2O2. The van der Waals surface area contributed by atoms with Crippen LogP contribution in [0.2, 0.25) is 0 Å². The molecule has 1 saturated heterocycles. The van der Waals surface area contributed by atoms with E-state index in [1.165, 1.54) is 6.07 Å². The molecule has 1 aliphatic rings. The summed E-state index contributed by atoms with van der Waals surface area (Å²) < 4.78 is 19.0. The van der Waals surface area contributed by atoms with E-state index in [1.807, 2.05) is 20.8 Å². The van der Waals surface area contributed by atoms with Gasteiger partial charge in [-0.15, -0.1) is 0 Å². The van der Waals surface area contributed by atoms with Crippen molar-refractivity contribution in [1.82, 2.24) is 4.90 Å². The van der Waals surface area contributed by atoms with Gasteiger partial charge >= 0.3 is 6.09 Å². The van der Waals surface area contributed by atoms with Gasteiger partial charge < -0.3 is 15.4 Å². The number of rotatable bonds is 1. The number of halogens is 1. The summed E-state index contributed by atoms with van der Waals surface area (Å²) in [5.41, 5.74) is 6.01. The third-order valence-electron chi connectivity index (χ3n) is 3.00. The van der Waals surface area contributed by atoms with Gasteiger partial charge in [-0.3, -0.25) is 0 Å². The van der Waals surface area contributed by atoms with E-state index in [0.29, 0.717) is 24.3 Å². The Balaban J connectivity index is 1.94. The molecule has 0 bridgehead atoms. The first-order valence-corrected chi connectivity index (χ1v) is 6.29. The van der Waals surface area contributed by atoms with Crippen LogP contribution in [0.3, 0.4) is 0 Å². The van der Waals surface area contributed by atoms with Crippen molar-refractivity contribution in [3.8, 4) is 0 Å². The van der Waals surface area contributed by atoms with E-state index in [2.05, 4.69) is 0 Å². The number of anilines is 1. The molecule has 1 amide bonds. The van der Waals surface area contributed by atoms with Gasteiger partial charge in [0.1, 0.15) is 11.4 Å². The highest BCUT2D eigenvalue weighted by Gasteiger charge is 2.35. The van der Waals surface area contributed by atoms with Crippen LogP contribution < -0.4 is 5.73 Å². The topological polar surface area (TPSA) is 55.6 Å². The average Bonchev–Trinajstić information content (AvgIpc) is 2.16. The Morgan fingerprint density at radius 1 is 1.42 bits per heavy atom. The van der Waals surface area contributed by atoms with Crippen LogP contribution in [0.5, 0.6) is 0 Å². The fraction of sp³-hybridized carbons (Fsp3) is 0.500. The van der Waals surface area contributed by atoms with Crippen LogP contribution in [0.4, 0.5) is 14.9 Å². The van der Waals surface area contributed by atoms with Gasteiger partial charge in [0.2, 0.25) is 0 Å². The quantitative estimate of drug-likeness (QED) is 0.795. The maximum absolute atomic E-state index is 13.7. The van der Waals surface area contributed by atoms with Crippen molar-refractivity contribution < 1.29 is 13.9 Å². The molecule has 5 heteroatoms. The van der Waals surface area contributed by atoms with Gasteiger partial charge in [0.05, 0.1) is 0 Å². The molecule has 1 fully saturated rings. The highest BCUT2D eigenvalue weighted by Crippen LogP contribution is 2.30. The van der Waals surface area contributed by atoms with Gasteiger partial charge in [-0.1, -0.05) is 6.07 Å². The molecule has 0 saturated carbocycles. The number of likely N-dealkylation sites (tertiary alicyclic amines) is 1. The van der Waals surface area contributed by atoms with Crippen LogP contribution in [-0.4, -0.2) is 29.7 Å². The Labute approximate surface area is 112 Å². The van der Waals surface area contributed by atoms with Gasteiger partial charge in [-0.2, -0.15) is 0 Å². The summed E-state index contributed by atoms with van der Waals surface area (Å²) in [6, 6.07) is 4.67. The second-order valence-electron chi connectivity index (χ2n) is 5.86. The lowest BCUT2D eigenvalue weighted by Gasteiger charge is -2.40. The standard InChI is InChI=1S/C14H19FN2O2/c1-14(2,3)19-13(18)17-7-9(8-17)11-5-4-10(16)6-12(11)15/h4-6,9H,7-8,16H2,1-3H3. The Morgan fingerprint density at radius 3 is 2.58 bits per heavy atom. The lowest BCUT2D eigenvalue weighted by Crippen LogP contribution is -2.50. The van der Waals surface area contributed by atoms with Crippen LogP contribution in [0.15, 0.2) is 18.2 Å². The molecule has 1 heterocycles. The largest absolute Gasteiger partial charge is 0.444 e. The number of carbonyl (C=O) groups is 1. The Morgan fingerprint density at radius 2 is 2.05 bits per heavy atom. The number of nitrogens with zero attached hydrogens (tertiary/aromatic N) is 1. The number of hydrogen-bond acceptors (Lipinski definition) is 3.